The number of hydrogen-bond acceptors (Lipinski definition) is 2. The molecule has 0 spiro atoms. The summed E-state index contributed by atoms with van der Waals surface area (Å²) in [4.78, 5) is 12.3. The monoisotopic (exact) mass is 230 g/mol. The number of rotatable bonds is 4. The Labute approximate surface area is 102 Å². The Morgan fingerprint density at radius 3 is 2.76 bits per heavy atom. The summed E-state index contributed by atoms with van der Waals surface area (Å²) in [6, 6.07) is 9.50. The molecular formula is C15H18O2. The number of carbonyl (C=O) groups is 1. The van der Waals surface area contributed by atoms with Crippen molar-refractivity contribution in [2.24, 2.45) is 11.8 Å². The van der Waals surface area contributed by atoms with Crippen molar-refractivity contribution in [3.63, 3.8) is 0 Å². The molecule has 1 aromatic rings. The number of aliphatic hydroxyl groups excluding tert-OH is 1. The van der Waals surface area contributed by atoms with Crippen molar-refractivity contribution in [2.75, 3.05) is 6.61 Å². The van der Waals surface area contributed by atoms with Gasteiger partial charge in [-0.1, -0.05) is 48.9 Å². The molecule has 2 heteroatoms. The Morgan fingerprint density at radius 1 is 1.29 bits per heavy atom. The normalized spacial score (nSPS) is 24.3. The molecule has 0 unspecified atom stereocenters. The smallest absolute Gasteiger partial charge is 0.166 e. The molecule has 17 heavy (non-hydrogen) atoms. The number of allylic oxidation sites excluding steroid dienone is 1. The highest BCUT2D eigenvalue weighted by Crippen LogP contribution is 2.35. The fraction of sp³-hybridized carbons (Fsp3) is 0.400. The van der Waals surface area contributed by atoms with E-state index in [0.717, 1.165) is 24.8 Å². The first-order valence-corrected chi connectivity index (χ1v) is 6.19. The fourth-order valence-corrected chi connectivity index (χ4v) is 2.60. The molecule has 0 bridgehead atoms. The lowest BCUT2D eigenvalue weighted by atomic mass is 9.88. The Hall–Kier alpha value is -1.41. The SMILES string of the molecule is O=C(c1ccccc1)[C@H]1CCC[C@@H]1/C=C/CO. The van der Waals surface area contributed by atoms with Crippen molar-refractivity contribution in [3.8, 4) is 0 Å². The Morgan fingerprint density at radius 2 is 2.06 bits per heavy atom. The van der Waals surface area contributed by atoms with E-state index in [1.807, 2.05) is 36.4 Å². The zero-order chi connectivity index (χ0) is 12.1. The Balaban J connectivity index is 2.11. The third-order valence-corrected chi connectivity index (χ3v) is 3.45. The van der Waals surface area contributed by atoms with E-state index in [-0.39, 0.29) is 18.3 Å². The van der Waals surface area contributed by atoms with Crippen molar-refractivity contribution < 1.29 is 9.90 Å². The summed E-state index contributed by atoms with van der Waals surface area (Å²) in [6.07, 6.45) is 6.87. The minimum Gasteiger partial charge on any atom is -0.392 e. The first-order chi connectivity index (χ1) is 8.33. The maximum absolute atomic E-state index is 12.3. The van der Waals surface area contributed by atoms with Crippen molar-refractivity contribution in [3.05, 3.63) is 48.0 Å². The van der Waals surface area contributed by atoms with Gasteiger partial charge >= 0.3 is 0 Å². The molecule has 1 aliphatic carbocycles. The second-order valence-corrected chi connectivity index (χ2v) is 4.54. The standard InChI is InChI=1S/C15H18O2/c16-11-5-9-12-8-4-10-14(12)15(17)13-6-2-1-3-7-13/h1-3,5-7,9,12,14,16H,4,8,10-11H2/b9-5+/t12-,14+/m1/s1. The van der Waals surface area contributed by atoms with Gasteiger partial charge in [-0.15, -0.1) is 0 Å². The Bertz CT molecular complexity index is 395. The maximum Gasteiger partial charge on any atom is 0.166 e. The van der Waals surface area contributed by atoms with E-state index in [2.05, 4.69) is 0 Å². The number of Topliss-reactive ketones (excluding diaryl/α,β-unsaturated/α-hetero) is 1. The van der Waals surface area contributed by atoms with Crippen LogP contribution in [0.4, 0.5) is 0 Å². The molecule has 0 amide bonds. The van der Waals surface area contributed by atoms with Gasteiger partial charge < -0.3 is 5.11 Å². The number of aliphatic hydroxyl groups is 1. The van der Waals surface area contributed by atoms with Crippen LogP contribution in [0.1, 0.15) is 29.6 Å². The maximum atomic E-state index is 12.3. The molecular weight excluding hydrogens is 212 g/mol. The summed E-state index contributed by atoms with van der Waals surface area (Å²) >= 11 is 0. The molecule has 0 radical (unpaired) electrons. The van der Waals surface area contributed by atoms with Crippen LogP contribution >= 0.6 is 0 Å². The van der Waals surface area contributed by atoms with Gasteiger partial charge in [0.25, 0.3) is 0 Å². The number of benzene rings is 1. The average Bonchev–Trinajstić information content (AvgIpc) is 2.84. The van der Waals surface area contributed by atoms with Gasteiger partial charge in [0, 0.05) is 11.5 Å². The molecule has 1 aromatic carbocycles. The molecule has 1 N–H and O–H groups in total. The van der Waals surface area contributed by atoms with E-state index in [4.69, 9.17) is 5.11 Å². The average molecular weight is 230 g/mol. The summed E-state index contributed by atoms with van der Waals surface area (Å²) in [5.74, 6) is 0.644. The molecule has 2 nitrogen and oxygen atoms in total. The van der Waals surface area contributed by atoms with E-state index in [0.29, 0.717) is 5.92 Å². The minimum atomic E-state index is 0.0583. The Kier molecular flexibility index (Phi) is 4.10. The molecule has 0 heterocycles. The van der Waals surface area contributed by atoms with Crippen molar-refractivity contribution in [2.45, 2.75) is 19.3 Å². The molecule has 2 rings (SSSR count). The number of carbonyl (C=O) groups excluding carboxylic acids is 1. The zero-order valence-electron chi connectivity index (χ0n) is 9.88. The summed E-state index contributed by atoms with van der Waals surface area (Å²) in [5.41, 5.74) is 0.807. The van der Waals surface area contributed by atoms with Crippen LogP contribution in [0.25, 0.3) is 0 Å². The van der Waals surface area contributed by atoms with Crippen molar-refractivity contribution in [1.82, 2.24) is 0 Å². The van der Waals surface area contributed by atoms with E-state index in [9.17, 15) is 4.79 Å². The van der Waals surface area contributed by atoms with Crippen LogP contribution in [0, 0.1) is 11.8 Å². The van der Waals surface area contributed by atoms with Gasteiger partial charge in [-0.25, -0.2) is 0 Å². The third-order valence-electron chi connectivity index (χ3n) is 3.45. The van der Waals surface area contributed by atoms with Crippen LogP contribution in [0.15, 0.2) is 42.5 Å². The lowest BCUT2D eigenvalue weighted by Gasteiger charge is -2.14. The van der Waals surface area contributed by atoms with Crippen LogP contribution in [0.3, 0.4) is 0 Å². The summed E-state index contributed by atoms with van der Waals surface area (Å²) in [6.45, 7) is 0.0583. The van der Waals surface area contributed by atoms with Crippen LogP contribution in [-0.2, 0) is 0 Å². The largest absolute Gasteiger partial charge is 0.392 e. The molecule has 1 saturated carbocycles. The topological polar surface area (TPSA) is 37.3 Å². The van der Waals surface area contributed by atoms with Crippen LogP contribution in [0.5, 0.6) is 0 Å². The van der Waals surface area contributed by atoms with Crippen molar-refractivity contribution >= 4 is 5.78 Å². The predicted octanol–water partition coefficient (Wildman–Crippen LogP) is 2.83. The zero-order valence-corrected chi connectivity index (χ0v) is 9.88. The molecule has 1 aliphatic rings. The minimum absolute atomic E-state index is 0.0583. The molecule has 0 aliphatic heterocycles. The lowest BCUT2D eigenvalue weighted by Crippen LogP contribution is -2.17. The van der Waals surface area contributed by atoms with Crippen LogP contribution in [-0.4, -0.2) is 17.5 Å². The fourth-order valence-electron chi connectivity index (χ4n) is 2.60. The van der Waals surface area contributed by atoms with E-state index in [1.165, 1.54) is 0 Å². The molecule has 90 valence electrons. The highest BCUT2D eigenvalue weighted by molar-refractivity contribution is 5.98. The van der Waals surface area contributed by atoms with E-state index >= 15 is 0 Å². The van der Waals surface area contributed by atoms with Gasteiger partial charge in [-0.05, 0) is 18.8 Å². The van der Waals surface area contributed by atoms with Crippen molar-refractivity contribution in [1.29, 1.82) is 0 Å². The van der Waals surface area contributed by atoms with Gasteiger partial charge in [0.05, 0.1) is 6.61 Å². The summed E-state index contributed by atoms with van der Waals surface area (Å²) in [5, 5.41) is 8.80. The number of ketones is 1. The summed E-state index contributed by atoms with van der Waals surface area (Å²) in [7, 11) is 0. The molecule has 0 aromatic heterocycles. The lowest BCUT2D eigenvalue weighted by molar-refractivity contribution is 0.0904. The highest BCUT2D eigenvalue weighted by atomic mass is 16.2. The quantitative estimate of drug-likeness (QED) is 0.638. The van der Waals surface area contributed by atoms with Gasteiger partial charge in [0.1, 0.15) is 0 Å². The van der Waals surface area contributed by atoms with Gasteiger partial charge in [-0.3, -0.25) is 4.79 Å². The first-order valence-electron chi connectivity index (χ1n) is 6.19. The van der Waals surface area contributed by atoms with Crippen LogP contribution < -0.4 is 0 Å². The third kappa shape index (κ3) is 2.83. The van der Waals surface area contributed by atoms with Crippen LogP contribution in [0.2, 0.25) is 0 Å². The molecule has 2 atom stereocenters. The second-order valence-electron chi connectivity index (χ2n) is 4.54. The van der Waals surface area contributed by atoms with E-state index in [1.54, 1.807) is 6.08 Å². The second kappa shape index (κ2) is 5.78. The first kappa shape index (κ1) is 12.1. The number of hydrogen-bond donors (Lipinski definition) is 1. The predicted molar refractivity (Wildman–Crippen MR) is 67.8 cm³/mol. The van der Waals surface area contributed by atoms with E-state index < -0.39 is 0 Å². The molecule has 0 saturated heterocycles. The molecule has 1 fully saturated rings. The summed E-state index contributed by atoms with van der Waals surface area (Å²) < 4.78 is 0. The highest BCUT2D eigenvalue weighted by Gasteiger charge is 2.31. The van der Waals surface area contributed by atoms with Gasteiger partial charge in [0.2, 0.25) is 0 Å². The van der Waals surface area contributed by atoms with Gasteiger partial charge in [0.15, 0.2) is 5.78 Å². The van der Waals surface area contributed by atoms with Gasteiger partial charge in [-0.2, -0.15) is 0 Å².